The number of aryl methyl sites for hydroxylation is 1. The van der Waals surface area contributed by atoms with Crippen molar-refractivity contribution in [1.29, 1.82) is 0 Å². The van der Waals surface area contributed by atoms with Crippen LogP contribution in [0.15, 0.2) is 10.6 Å². The first-order valence-electron chi connectivity index (χ1n) is 5.53. The van der Waals surface area contributed by atoms with E-state index >= 15 is 0 Å². The molecule has 0 saturated carbocycles. The van der Waals surface area contributed by atoms with E-state index in [1.165, 1.54) is 24.3 Å². The molecule has 3 nitrogen and oxygen atoms in total. The Kier molecular flexibility index (Phi) is 4.09. The number of oxazole rings is 1. The Bertz CT molecular complexity index is 295. The average molecular weight is 227 g/mol. The quantitative estimate of drug-likeness (QED) is 0.856. The first-order chi connectivity index (χ1) is 7.40. The van der Waals surface area contributed by atoms with Crippen LogP contribution in [0, 0.1) is 0 Å². The van der Waals surface area contributed by atoms with E-state index < -0.39 is 0 Å². The summed E-state index contributed by atoms with van der Waals surface area (Å²) in [6.45, 7) is 0.206. The molecule has 4 heteroatoms. The molecule has 0 amide bonds. The van der Waals surface area contributed by atoms with Crippen LogP contribution in [0.2, 0.25) is 0 Å². The van der Waals surface area contributed by atoms with Crippen molar-refractivity contribution in [3.8, 4) is 0 Å². The van der Waals surface area contributed by atoms with E-state index in [9.17, 15) is 0 Å². The van der Waals surface area contributed by atoms with Gasteiger partial charge in [0.15, 0.2) is 5.89 Å². The minimum absolute atomic E-state index is 0.206. The van der Waals surface area contributed by atoms with Crippen molar-refractivity contribution in [1.82, 2.24) is 4.98 Å². The molecule has 2 rings (SSSR count). The van der Waals surface area contributed by atoms with Gasteiger partial charge in [-0.2, -0.15) is 11.8 Å². The zero-order valence-electron chi connectivity index (χ0n) is 8.82. The molecule has 1 aliphatic heterocycles. The molecule has 0 spiro atoms. The van der Waals surface area contributed by atoms with E-state index in [4.69, 9.17) is 9.52 Å². The number of rotatable bonds is 4. The molecular formula is C11H17NO2S. The third-order valence-corrected chi connectivity index (χ3v) is 3.79. The molecule has 0 aromatic carbocycles. The highest BCUT2D eigenvalue weighted by Gasteiger charge is 2.19. The molecule has 1 fully saturated rings. The minimum atomic E-state index is 0.206. The lowest BCUT2D eigenvalue weighted by Gasteiger charge is -2.18. The second-order valence-electron chi connectivity index (χ2n) is 3.87. The molecule has 1 aliphatic rings. The SMILES string of the molecule is OCCCc1ncc(C2CCSCC2)o1. The zero-order chi connectivity index (χ0) is 10.5. The summed E-state index contributed by atoms with van der Waals surface area (Å²) in [6.07, 6.45) is 5.77. The summed E-state index contributed by atoms with van der Waals surface area (Å²) in [4.78, 5) is 4.24. The summed E-state index contributed by atoms with van der Waals surface area (Å²) >= 11 is 2.02. The summed E-state index contributed by atoms with van der Waals surface area (Å²) < 4.78 is 5.69. The molecule has 1 aromatic heterocycles. The summed E-state index contributed by atoms with van der Waals surface area (Å²) in [5, 5.41) is 8.71. The predicted octanol–water partition coefficient (Wildman–Crippen LogP) is 2.21. The van der Waals surface area contributed by atoms with Gasteiger partial charge < -0.3 is 9.52 Å². The monoisotopic (exact) mass is 227 g/mol. The fraction of sp³-hybridized carbons (Fsp3) is 0.727. The van der Waals surface area contributed by atoms with E-state index in [1.54, 1.807) is 0 Å². The van der Waals surface area contributed by atoms with Gasteiger partial charge in [-0.05, 0) is 30.8 Å². The molecule has 0 aliphatic carbocycles. The molecule has 1 saturated heterocycles. The summed E-state index contributed by atoms with van der Waals surface area (Å²) in [6, 6.07) is 0. The Labute approximate surface area is 94.3 Å². The number of aromatic nitrogens is 1. The molecule has 84 valence electrons. The van der Waals surface area contributed by atoms with Crippen LogP contribution in [-0.4, -0.2) is 28.2 Å². The van der Waals surface area contributed by atoms with Crippen LogP contribution in [-0.2, 0) is 6.42 Å². The molecule has 0 radical (unpaired) electrons. The maximum Gasteiger partial charge on any atom is 0.194 e. The lowest BCUT2D eigenvalue weighted by molar-refractivity contribution is 0.281. The number of nitrogens with zero attached hydrogens (tertiary/aromatic N) is 1. The van der Waals surface area contributed by atoms with Crippen LogP contribution in [0.5, 0.6) is 0 Å². The maximum absolute atomic E-state index is 8.71. The molecule has 15 heavy (non-hydrogen) atoms. The highest BCUT2D eigenvalue weighted by molar-refractivity contribution is 7.99. The Balaban J connectivity index is 1.93. The van der Waals surface area contributed by atoms with Crippen molar-refractivity contribution < 1.29 is 9.52 Å². The van der Waals surface area contributed by atoms with Crippen molar-refractivity contribution in [2.24, 2.45) is 0 Å². The van der Waals surface area contributed by atoms with Crippen LogP contribution < -0.4 is 0 Å². The Hall–Kier alpha value is -0.480. The smallest absolute Gasteiger partial charge is 0.194 e. The van der Waals surface area contributed by atoms with E-state index in [0.29, 0.717) is 5.92 Å². The summed E-state index contributed by atoms with van der Waals surface area (Å²) in [5.74, 6) is 4.86. The fourth-order valence-electron chi connectivity index (χ4n) is 1.84. The maximum atomic E-state index is 8.71. The highest BCUT2D eigenvalue weighted by atomic mass is 32.2. The molecule has 1 N–H and O–H groups in total. The third-order valence-electron chi connectivity index (χ3n) is 2.74. The Morgan fingerprint density at radius 1 is 1.47 bits per heavy atom. The summed E-state index contributed by atoms with van der Waals surface area (Å²) in [5.41, 5.74) is 0. The van der Waals surface area contributed by atoms with Crippen molar-refractivity contribution in [2.45, 2.75) is 31.6 Å². The van der Waals surface area contributed by atoms with Gasteiger partial charge in [0.1, 0.15) is 5.76 Å². The van der Waals surface area contributed by atoms with E-state index in [1.807, 2.05) is 18.0 Å². The Morgan fingerprint density at radius 3 is 3.00 bits per heavy atom. The number of aliphatic hydroxyl groups is 1. The molecular weight excluding hydrogens is 210 g/mol. The van der Waals surface area contributed by atoms with Gasteiger partial charge in [-0.25, -0.2) is 4.98 Å². The molecule has 0 bridgehead atoms. The van der Waals surface area contributed by atoms with E-state index in [-0.39, 0.29) is 6.61 Å². The minimum Gasteiger partial charge on any atom is -0.445 e. The van der Waals surface area contributed by atoms with Crippen molar-refractivity contribution >= 4 is 11.8 Å². The van der Waals surface area contributed by atoms with Gasteiger partial charge in [-0.15, -0.1) is 0 Å². The molecule has 0 unspecified atom stereocenters. The van der Waals surface area contributed by atoms with Crippen molar-refractivity contribution in [3.05, 3.63) is 17.8 Å². The normalized spacial score (nSPS) is 18.2. The first kappa shape index (κ1) is 11.0. The second kappa shape index (κ2) is 5.56. The predicted molar refractivity (Wildman–Crippen MR) is 61.2 cm³/mol. The van der Waals surface area contributed by atoms with Gasteiger partial charge in [0, 0.05) is 18.9 Å². The second-order valence-corrected chi connectivity index (χ2v) is 5.09. The van der Waals surface area contributed by atoms with Crippen molar-refractivity contribution in [3.63, 3.8) is 0 Å². The fourth-order valence-corrected chi connectivity index (χ4v) is 2.95. The first-order valence-corrected chi connectivity index (χ1v) is 6.69. The van der Waals surface area contributed by atoms with E-state index in [0.717, 1.165) is 24.5 Å². The molecule has 1 aromatic rings. The Morgan fingerprint density at radius 2 is 2.27 bits per heavy atom. The number of thioether (sulfide) groups is 1. The zero-order valence-corrected chi connectivity index (χ0v) is 9.63. The standard InChI is InChI=1S/C11H17NO2S/c13-5-1-2-11-12-8-10(14-11)9-3-6-15-7-4-9/h8-9,13H,1-7H2. The van der Waals surface area contributed by atoms with Crippen LogP contribution in [0.4, 0.5) is 0 Å². The van der Waals surface area contributed by atoms with Crippen LogP contribution in [0.1, 0.15) is 36.8 Å². The lowest BCUT2D eigenvalue weighted by Crippen LogP contribution is -2.06. The van der Waals surface area contributed by atoms with Crippen molar-refractivity contribution in [2.75, 3.05) is 18.1 Å². The third kappa shape index (κ3) is 2.98. The van der Waals surface area contributed by atoms with Crippen LogP contribution in [0.3, 0.4) is 0 Å². The number of hydrogen-bond acceptors (Lipinski definition) is 4. The van der Waals surface area contributed by atoms with Gasteiger partial charge in [0.2, 0.25) is 0 Å². The van der Waals surface area contributed by atoms with Crippen LogP contribution >= 0.6 is 11.8 Å². The number of hydrogen-bond donors (Lipinski definition) is 1. The van der Waals surface area contributed by atoms with Gasteiger partial charge in [0.05, 0.1) is 6.20 Å². The molecule has 2 heterocycles. The highest BCUT2D eigenvalue weighted by Crippen LogP contribution is 2.31. The van der Waals surface area contributed by atoms with Gasteiger partial charge in [0.25, 0.3) is 0 Å². The largest absolute Gasteiger partial charge is 0.445 e. The average Bonchev–Trinajstić information content (AvgIpc) is 2.76. The van der Waals surface area contributed by atoms with Gasteiger partial charge in [-0.1, -0.05) is 0 Å². The number of aliphatic hydroxyl groups excluding tert-OH is 1. The topological polar surface area (TPSA) is 46.3 Å². The summed E-state index contributed by atoms with van der Waals surface area (Å²) in [7, 11) is 0. The van der Waals surface area contributed by atoms with Gasteiger partial charge in [-0.3, -0.25) is 0 Å². The van der Waals surface area contributed by atoms with E-state index in [2.05, 4.69) is 4.98 Å². The van der Waals surface area contributed by atoms with Crippen LogP contribution in [0.25, 0.3) is 0 Å². The lowest BCUT2D eigenvalue weighted by atomic mass is 10.0. The molecule has 0 atom stereocenters. The van der Waals surface area contributed by atoms with Gasteiger partial charge >= 0.3 is 0 Å².